The third-order valence-corrected chi connectivity index (χ3v) is 2.89. The Hall–Kier alpha value is -0.480. The highest BCUT2D eigenvalue weighted by atomic mass is 32.1. The van der Waals surface area contributed by atoms with Gasteiger partial charge in [-0.25, -0.2) is 9.37 Å². The van der Waals surface area contributed by atoms with Gasteiger partial charge in [0.1, 0.15) is 11.2 Å². The molecule has 0 aromatic carbocycles. The molecule has 1 aromatic rings. The van der Waals surface area contributed by atoms with Crippen LogP contribution in [-0.2, 0) is 6.54 Å². The number of halogens is 1. The van der Waals surface area contributed by atoms with Crippen LogP contribution in [0.3, 0.4) is 0 Å². The van der Waals surface area contributed by atoms with Crippen molar-refractivity contribution in [3.8, 4) is 0 Å². The Bertz CT molecular complexity index is 268. The van der Waals surface area contributed by atoms with Crippen LogP contribution in [0, 0.1) is 6.92 Å². The quantitative estimate of drug-likeness (QED) is 0.697. The minimum absolute atomic E-state index is 0.582. The van der Waals surface area contributed by atoms with Crippen LogP contribution in [0.4, 0.5) is 4.39 Å². The van der Waals surface area contributed by atoms with Gasteiger partial charge in [0.15, 0.2) is 0 Å². The van der Waals surface area contributed by atoms with E-state index in [4.69, 9.17) is 0 Å². The lowest BCUT2D eigenvalue weighted by molar-refractivity contribution is 0.0590. The van der Waals surface area contributed by atoms with Crippen LogP contribution < -0.4 is 0 Å². The summed E-state index contributed by atoms with van der Waals surface area (Å²) in [5.41, 5.74) is 1.06. The fraction of sp³-hybridized carbons (Fsp3) is 0.625. The van der Waals surface area contributed by atoms with Crippen LogP contribution in [0.1, 0.15) is 10.7 Å². The van der Waals surface area contributed by atoms with E-state index in [1.165, 1.54) is 0 Å². The second kappa shape index (κ2) is 3.11. The van der Waals surface area contributed by atoms with Crippen molar-refractivity contribution < 1.29 is 4.39 Å². The number of likely N-dealkylation sites (tertiary alicyclic amines) is 1. The van der Waals surface area contributed by atoms with E-state index in [0.717, 1.165) is 17.2 Å². The first-order chi connectivity index (χ1) is 5.74. The average molecular weight is 186 g/mol. The van der Waals surface area contributed by atoms with E-state index in [1.807, 2.05) is 12.3 Å². The number of hydrogen-bond donors (Lipinski definition) is 0. The van der Waals surface area contributed by atoms with Crippen LogP contribution in [0.5, 0.6) is 0 Å². The van der Waals surface area contributed by atoms with Crippen molar-refractivity contribution in [1.82, 2.24) is 9.88 Å². The lowest BCUT2D eigenvalue weighted by Crippen LogP contribution is -2.47. The molecule has 1 saturated heterocycles. The largest absolute Gasteiger partial charge is 0.291 e. The van der Waals surface area contributed by atoms with Crippen molar-refractivity contribution in [2.75, 3.05) is 13.1 Å². The Labute approximate surface area is 75.0 Å². The molecule has 0 aliphatic carbocycles. The molecule has 0 atom stereocenters. The van der Waals surface area contributed by atoms with Gasteiger partial charge in [-0.1, -0.05) is 0 Å². The molecule has 0 N–H and O–H groups in total. The molecule has 1 fully saturated rings. The molecular formula is C8H11FN2S. The molecule has 0 spiro atoms. The first-order valence-corrected chi connectivity index (χ1v) is 4.89. The summed E-state index contributed by atoms with van der Waals surface area (Å²) in [6.45, 7) is 3.96. The van der Waals surface area contributed by atoms with E-state index in [2.05, 4.69) is 9.88 Å². The summed E-state index contributed by atoms with van der Waals surface area (Å²) < 4.78 is 12.4. The summed E-state index contributed by atoms with van der Waals surface area (Å²) in [5.74, 6) is 0. The Morgan fingerprint density at radius 3 is 3.00 bits per heavy atom. The molecule has 2 nitrogen and oxygen atoms in total. The van der Waals surface area contributed by atoms with Gasteiger partial charge >= 0.3 is 0 Å². The smallest absolute Gasteiger partial charge is 0.125 e. The summed E-state index contributed by atoms with van der Waals surface area (Å²) in [6.07, 6.45) is -0.606. The minimum Gasteiger partial charge on any atom is -0.291 e. The molecule has 0 bridgehead atoms. The Kier molecular flexibility index (Phi) is 2.11. The van der Waals surface area contributed by atoms with E-state index < -0.39 is 6.17 Å². The predicted octanol–water partition coefficient (Wildman–Crippen LogP) is 1.61. The zero-order valence-corrected chi connectivity index (χ0v) is 7.77. The third-order valence-electron chi connectivity index (χ3n) is 1.94. The van der Waals surface area contributed by atoms with Crippen LogP contribution in [0.25, 0.3) is 0 Å². The summed E-state index contributed by atoms with van der Waals surface area (Å²) >= 11 is 1.65. The monoisotopic (exact) mass is 186 g/mol. The zero-order chi connectivity index (χ0) is 8.55. The highest BCUT2D eigenvalue weighted by Gasteiger charge is 2.26. The van der Waals surface area contributed by atoms with Crippen molar-refractivity contribution in [1.29, 1.82) is 0 Å². The summed E-state index contributed by atoms with van der Waals surface area (Å²) in [5, 5.41) is 3.13. The highest BCUT2D eigenvalue weighted by Crippen LogP contribution is 2.17. The summed E-state index contributed by atoms with van der Waals surface area (Å²) in [6, 6.07) is 0. The van der Waals surface area contributed by atoms with Gasteiger partial charge in [0.05, 0.1) is 6.54 Å². The molecule has 1 aromatic heterocycles. The predicted molar refractivity (Wildman–Crippen MR) is 47.0 cm³/mol. The van der Waals surface area contributed by atoms with Gasteiger partial charge in [-0.15, -0.1) is 11.3 Å². The number of rotatable bonds is 2. The molecule has 0 unspecified atom stereocenters. The van der Waals surface area contributed by atoms with Gasteiger partial charge in [0, 0.05) is 24.2 Å². The van der Waals surface area contributed by atoms with E-state index >= 15 is 0 Å². The van der Waals surface area contributed by atoms with E-state index in [9.17, 15) is 4.39 Å². The Morgan fingerprint density at radius 1 is 1.75 bits per heavy atom. The standard InChI is InChI=1S/C8H11FN2S/c1-6-5-12-8(10-6)4-11-2-7(9)3-11/h5,7H,2-4H2,1H3. The molecule has 0 amide bonds. The third kappa shape index (κ3) is 1.64. The maximum Gasteiger partial charge on any atom is 0.125 e. The number of aromatic nitrogens is 1. The van der Waals surface area contributed by atoms with Crippen LogP contribution in [-0.4, -0.2) is 29.1 Å². The summed E-state index contributed by atoms with van der Waals surface area (Å²) in [4.78, 5) is 6.38. The Balaban J connectivity index is 1.88. The SMILES string of the molecule is Cc1csc(CN2CC(F)C2)n1. The molecule has 4 heteroatoms. The van der Waals surface area contributed by atoms with Crippen molar-refractivity contribution in [3.05, 3.63) is 16.1 Å². The van der Waals surface area contributed by atoms with Crippen LogP contribution in [0.15, 0.2) is 5.38 Å². The second-order valence-corrected chi connectivity index (χ2v) is 4.12. The van der Waals surface area contributed by atoms with Gasteiger partial charge in [-0.05, 0) is 6.92 Å². The first-order valence-electron chi connectivity index (χ1n) is 4.01. The molecule has 12 heavy (non-hydrogen) atoms. The number of thiazole rings is 1. The van der Waals surface area contributed by atoms with Gasteiger partial charge in [-0.2, -0.15) is 0 Å². The van der Waals surface area contributed by atoms with E-state index in [0.29, 0.717) is 13.1 Å². The fourth-order valence-corrected chi connectivity index (χ4v) is 2.12. The average Bonchev–Trinajstić information content (AvgIpc) is 2.33. The number of aryl methyl sites for hydroxylation is 1. The normalized spacial score (nSPS) is 19.5. The lowest BCUT2D eigenvalue weighted by atomic mass is 10.2. The van der Waals surface area contributed by atoms with Crippen molar-refractivity contribution in [2.45, 2.75) is 19.6 Å². The molecule has 66 valence electrons. The zero-order valence-electron chi connectivity index (χ0n) is 6.96. The van der Waals surface area contributed by atoms with E-state index in [-0.39, 0.29) is 0 Å². The second-order valence-electron chi connectivity index (χ2n) is 3.17. The van der Waals surface area contributed by atoms with Gasteiger partial charge in [0.25, 0.3) is 0 Å². The maximum atomic E-state index is 12.4. The summed E-state index contributed by atoms with van der Waals surface area (Å²) in [7, 11) is 0. The molecular weight excluding hydrogens is 175 g/mol. The molecule has 0 saturated carbocycles. The number of hydrogen-bond acceptors (Lipinski definition) is 3. The van der Waals surface area contributed by atoms with Gasteiger partial charge < -0.3 is 0 Å². The highest BCUT2D eigenvalue weighted by molar-refractivity contribution is 7.09. The topological polar surface area (TPSA) is 16.1 Å². The minimum atomic E-state index is -0.606. The van der Waals surface area contributed by atoms with Crippen molar-refractivity contribution in [2.24, 2.45) is 0 Å². The van der Waals surface area contributed by atoms with Crippen molar-refractivity contribution >= 4 is 11.3 Å². The van der Waals surface area contributed by atoms with Crippen LogP contribution in [0.2, 0.25) is 0 Å². The molecule has 1 aliphatic rings. The molecule has 0 radical (unpaired) electrons. The number of alkyl halides is 1. The lowest BCUT2D eigenvalue weighted by Gasteiger charge is -2.33. The van der Waals surface area contributed by atoms with Gasteiger partial charge in [0.2, 0.25) is 0 Å². The van der Waals surface area contributed by atoms with Crippen molar-refractivity contribution in [3.63, 3.8) is 0 Å². The fourth-order valence-electron chi connectivity index (χ4n) is 1.30. The van der Waals surface area contributed by atoms with E-state index in [1.54, 1.807) is 11.3 Å². The maximum absolute atomic E-state index is 12.4. The van der Waals surface area contributed by atoms with Crippen LogP contribution >= 0.6 is 11.3 Å². The molecule has 1 aliphatic heterocycles. The molecule has 2 rings (SSSR count). The molecule has 2 heterocycles. The van der Waals surface area contributed by atoms with Gasteiger partial charge in [-0.3, -0.25) is 4.90 Å². The first kappa shape index (κ1) is 8.13. The Morgan fingerprint density at radius 2 is 2.50 bits per heavy atom. The number of nitrogens with zero attached hydrogens (tertiary/aromatic N) is 2.